The number of rotatable bonds is 7. The molecule has 2 N–H and O–H groups in total. The molecule has 0 atom stereocenters. The van der Waals surface area contributed by atoms with Gasteiger partial charge in [-0.15, -0.1) is 0 Å². The van der Waals surface area contributed by atoms with Crippen LogP contribution < -0.4 is 5.32 Å². The lowest BCUT2D eigenvalue weighted by Gasteiger charge is -2.23. The topological polar surface area (TPSA) is 65.5 Å². The number of anilines is 1. The molecule has 0 spiro atoms. The first kappa shape index (κ1) is 17.0. The third-order valence-electron chi connectivity index (χ3n) is 3.34. The Bertz CT molecular complexity index is 629. The van der Waals surface area contributed by atoms with Crippen molar-refractivity contribution in [1.82, 2.24) is 9.88 Å². The van der Waals surface area contributed by atoms with E-state index in [4.69, 9.17) is 0 Å². The smallest absolute Gasteiger partial charge is 0.257 e. The fraction of sp³-hybridized carbons (Fsp3) is 0.333. The van der Waals surface area contributed by atoms with Crippen molar-refractivity contribution in [3.05, 3.63) is 59.8 Å². The standard InChI is InChI=1S/C18H23N3O2/c1-14(2)20-17-16(9-6-10-19-17)18(23)21(11-12-22)13-15-7-4-3-5-8-15/h3-10,14,22H,11-13H2,1-2H3,(H,19,20). The molecule has 0 aliphatic heterocycles. The van der Waals surface area contributed by atoms with Crippen LogP contribution in [0.2, 0.25) is 0 Å². The molecule has 1 heterocycles. The van der Waals surface area contributed by atoms with Crippen LogP contribution in [0.1, 0.15) is 29.8 Å². The summed E-state index contributed by atoms with van der Waals surface area (Å²) in [5.74, 6) is 0.433. The predicted octanol–water partition coefficient (Wildman–Crippen LogP) is 2.54. The quantitative estimate of drug-likeness (QED) is 0.824. The summed E-state index contributed by atoms with van der Waals surface area (Å²) < 4.78 is 0. The van der Waals surface area contributed by atoms with Gasteiger partial charge in [0, 0.05) is 25.3 Å². The summed E-state index contributed by atoms with van der Waals surface area (Å²) in [6, 6.07) is 13.4. The van der Waals surface area contributed by atoms with Crippen molar-refractivity contribution in [3.63, 3.8) is 0 Å². The molecule has 1 aromatic carbocycles. The van der Waals surface area contributed by atoms with Crippen molar-refractivity contribution in [2.45, 2.75) is 26.4 Å². The van der Waals surface area contributed by atoms with Gasteiger partial charge >= 0.3 is 0 Å². The van der Waals surface area contributed by atoms with Gasteiger partial charge in [0.2, 0.25) is 0 Å². The SMILES string of the molecule is CC(C)Nc1ncccc1C(=O)N(CCO)Cc1ccccc1. The second-order valence-corrected chi connectivity index (χ2v) is 5.63. The van der Waals surface area contributed by atoms with Crippen molar-refractivity contribution in [2.24, 2.45) is 0 Å². The fourth-order valence-corrected chi connectivity index (χ4v) is 2.31. The van der Waals surface area contributed by atoms with Crippen LogP contribution in [0.5, 0.6) is 0 Å². The monoisotopic (exact) mass is 313 g/mol. The molecule has 1 amide bonds. The molecular formula is C18H23N3O2. The number of benzene rings is 1. The molecule has 122 valence electrons. The summed E-state index contributed by atoms with van der Waals surface area (Å²) in [7, 11) is 0. The van der Waals surface area contributed by atoms with Crippen LogP contribution in [0.4, 0.5) is 5.82 Å². The van der Waals surface area contributed by atoms with E-state index in [1.54, 1.807) is 23.2 Å². The molecule has 2 rings (SSSR count). The van der Waals surface area contributed by atoms with Gasteiger partial charge in [0.1, 0.15) is 5.82 Å². The Balaban J connectivity index is 2.24. The van der Waals surface area contributed by atoms with Gasteiger partial charge in [0.25, 0.3) is 5.91 Å². The van der Waals surface area contributed by atoms with Crippen molar-refractivity contribution >= 4 is 11.7 Å². The average molecular weight is 313 g/mol. The first-order valence-electron chi connectivity index (χ1n) is 7.77. The Morgan fingerprint density at radius 3 is 2.61 bits per heavy atom. The average Bonchev–Trinajstić information content (AvgIpc) is 2.55. The molecule has 0 unspecified atom stereocenters. The number of pyridine rings is 1. The summed E-state index contributed by atoms with van der Waals surface area (Å²) in [6.45, 7) is 4.66. The van der Waals surface area contributed by atoms with E-state index in [-0.39, 0.29) is 25.1 Å². The summed E-state index contributed by atoms with van der Waals surface area (Å²) in [4.78, 5) is 18.8. The second kappa shape index (κ2) is 8.29. The molecule has 0 saturated carbocycles. The first-order valence-corrected chi connectivity index (χ1v) is 7.77. The van der Waals surface area contributed by atoms with E-state index in [0.717, 1.165) is 5.56 Å². The minimum Gasteiger partial charge on any atom is -0.395 e. The van der Waals surface area contributed by atoms with Crippen molar-refractivity contribution in [2.75, 3.05) is 18.5 Å². The lowest BCUT2D eigenvalue weighted by Crippen LogP contribution is -2.34. The summed E-state index contributed by atoms with van der Waals surface area (Å²) in [5, 5.41) is 12.5. The molecule has 0 saturated heterocycles. The maximum atomic E-state index is 12.9. The normalized spacial score (nSPS) is 10.6. The maximum absolute atomic E-state index is 12.9. The number of carbonyl (C=O) groups is 1. The van der Waals surface area contributed by atoms with Crippen LogP contribution in [-0.2, 0) is 6.54 Å². The van der Waals surface area contributed by atoms with E-state index in [1.807, 2.05) is 44.2 Å². The molecule has 0 bridgehead atoms. The van der Waals surface area contributed by atoms with Gasteiger partial charge in [-0.2, -0.15) is 0 Å². The number of hydrogen-bond acceptors (Lipinski definition) is 4. The third-order valence-corrected chi connectivity index (χ3v) is 3.34. The Morgan fingerprint density at radius 1 is 1.22 bits per heavy atom. The molecule has 0 aliphatic carbocycles. The highest BCUT2D eigenvalue weighted by molar-refractivity contribution is 5.98. The van der Waals surface area contributed by atoms with Crippen molar-refractivity contribution in [1.29, 1.82) is 0 Å². The zero-order valence-corrected chi connectivity index (χ0v) is 13.6. The Labute approximate surface area is 137 Å². The van der Waals surface area contributed by atoms with Crippen LogP contribution in [0.15, 0.2) is 48.7 Å². The minimum atomic E-state index is -0.140. The molecule has 0 radical (unpaired) electrons. The van der Waals surface area contributed by atoms with Gasteiger partial charge in [0.15, 0.2) is 0 Å². The summed E-state index contributed by atoms with van der Waals surface area (Å²) >= 11 is 0. The molecule has 5 heteroatoms. The molecule has 23 heavy (non-hydrogen) atoms. The minimum absolute atomic E-state index is 0.0776. The molecule has 0 fully saturated rings. The molecule has 1 aromatic heterocycles. The van der Waals surface area contributed by atoms with E-state index in [9.17, 15) is 9.90 Å². The van der Waals surface area contributed by atoms with Gasteiger partial charge in [0.05, 0.1) is 12.2 Å². The van der Waals surface area contributed by atoms with Gasteiger partial charge in [-0.05, 0) is 31.5 Å². The zero-order valence-electron chi connectivity index (χ0n) is 13.6. The summed E-state index contributed by atoms with van der Waals surface area (Å²) in [5.41, 5.74) is 1.54. The first-order chi connectivity index (χ1) is 11.1. The lowest BCUT2D eigenvalue weighted by atomic mass is 10.1. The van der Waals surface area contributed by atoms with E-state index < -0.39 is 0 Å². The zero-order chi connectivity index (χ0) is 16.7. The van der Waals surface area contributed by atoms with E-state index in [0.29, 0.717) is 17.9 Å². The number of carbonyl (C=O) groups excluding carboxylic acids is 1. The second-order valence-electron chi connectivity index (χ2n) is 5.63. The molecule has 0 aliphatic rings. The van der Waals surface area contributed by atoms with Crippen LogP contribution in [0.25, 0.3) is 0 Å². The largest absolute Gasteiger partial charge is 0.395 e. The Kier molecular flexibility index (Phi) is 6.11. The number of amides is 1. The van der Waals surface area contributed by atoms with Gasteiger partial charge in [-0.1, -0.05) is 30.3 Å². The Hall–Kier alpha value is -2.40. The highest BCUT2D eigenvalue weighted by Gasteiger charge is 2.19. The van der Waals surface area contributed by atoms with Crippen LogP contribution in [-0.4, -0.2) is 40.1 Å². The number of hydrogen-bond donors (Lipinski definition) is 2. The summed E-state index contributed by atoms with van der Waals surface area (Å²) in [6.07, 6.45) is 1.66. The van der Waals surface area contributed by atoms with E-state index in [2.05, 4.69) is 10.3 Å². The van der Waals surface area contributed by atoms with Crippen LogP contribution in [0, 0.1) is 0 Å². The van der Waals surface area contributed by atoms with Crippen molar-refractivity contribution < 1.29 is 9.90 Å². The van der Waals surface area contributed by atoms with Gasteiger partial charge in [-0.3, -0.25) is 4.79 Å². The molecule has 5 nitrogen and oxygen atoms in total. The number of nitrogens with zero attached hydrogens (tertiary/aromatic N) is 2. The van der Waals surface area contributed by atoms with Crippen LogP contribution >= 0.6 is 0 Å². The van der Waals surface area contributed by atoms with Gasteiger partial charge in [-0.25, -0.2) is 4.98 Å². The molecular weight excluding hydrogens is 290 g/mol. The fourth-order valence-electron chi connectivity index (χ4n) is 2.31. The maximum Gasteiger partial charge on any atom is 0.257 e. The van der Waals surface area contributed by atoms with Crippen LogP contribution in [0.3, 0.4) is 0 Å². The number of aliphatic hydroxyl groups excluding tert-OH is 1. The highest BCUT2D eigenvalue weighted by atomic mass is 16.3. The van der Waals surface area contributed by atoms with Gasteiger partial charge < -0.3 is 15.3 Å². The highest BCUT2D eigenvalue weighted by Crippen LogP contribution is 2.17. The Morgan fingerprint density at radius 2 is 1.96 bits per heavy atom. The van der Waals surface area contributed by atoms with E-state index in [1.165, 1.54) is 0 Å². The predicted molar refractivity (Wildman–Crippen MR) is 91.3 cm³/mol. The lowest BCUT2D eigenvalue weighted by molar-refractivity contribution is 0.0708. The number of nitrogens with one attached hydrogen (secondary N) is 1. The van der Waals surface area contributed by atoms with E-state index >= 15 is 0 Å². The molecule has 2 aromatic rings. The number of aliphatic hydroxyl groups is 1. The van der Waals surface area contributed by atoms with Crippen molar-refractivity contribution in [3.8, 4) is 0 Å². The third kappa shape index (κ3) is 4.79. The number of aromatic nitrogens is 1.